The molecular formula is C26H30N2. The summed E-state index contributed by atoms with van der Waals surface area (Å²) in [6.45, 7) is 15.4. The first-order valence-electron chi connectivity index (χ1n) is 10.4. The lowest BCUT2D eigenvalue weighted by Gasteiger charge is -2.22. The predicted molar refractivity (Wildman–Crippen MR) is 121 cm³/mol. The second-order valence-corrected chi connectivity index (χ2v) is 8.16. The van der Waals surface area contributed by atoms with E-state index >= 15 is 0 Å². The first-order valence-corrected chi connectivity index (χ1v) is 10.4. The van der Waals surface area contributed by atoms with Crippen LogP contribution in [0.25, 0.3) is 22.2 Å². The van der Waals surface area contributed by atoms with E-state index < -0.39 is 0 Å². The van der Waals surface area contributed by atoms with Gasteiger partial charge in [-0.2, -0.15) is 0 Å². The number of allylic oxidation sites excluding steroid dienone is 3. The molecular weight excluding hydrogens is 340 g/mol. The van der Waals surface area contributed by atoms with Gasteiger partial charge in [-0.15, -0.1) is 0 Å². The fourth-order valence-corrected chi connectivity index (χ4v) is 4.61. The van der Waals surface area contributed by atoms with E-state index in [0.29, 0.717) is 12.0 Å². The summed E-state index contributed by atoms with van der Waals surface area (Å²) in [5.74, 6) is 1.66. The molecule has 2 aromatic carbocycles. The van der Waals surface area contributed by atoms with Crippen LogP contribution in [0.1, 0.15) is 80.6 Å². The standard InChI is InChI=1S/C26H30N2/c1-7-16(3)20-12-13-22-23(15-20)28-24(14-19(6)26(28)27-22)25-18(5)10-9-11-21(25)17(4)8-2/h7,9-13,15,19,24H,4,8,14H2,1-3,5-6H3/b16-7+. The molecule has 0 radical (unpaired) electrons. The second-order valence-electron chi connectivity index (χ2n) is 8.16. The van der Waals surface area contributed by atoms with E-state index in [-0.39, 0.29) is 0 Å². The molecule has 2 heteroatoms. The predicted octanol–water partition coefficient (Wildman–Crippen LogP) is 7.29. The van der Waals surface area contributed by atoms with Crippen molar-refractivity contribution >= 4 is 22.2 Å². The van der Waals surface area contributed by atoms with E-state index in [1.54, 1.807) is 0 Å². The lowest BCUT2D eigenvalue weighted by atomic mass is 9.88. The lowest BCUT2D eigenvalue weighted by molar-refractivity contribution is 0.604. The second kappa shape index (κ2) is 7.09. The minimum atomic E-state index is 0.315. The van der Waals surface area contributed by atoms with Crippen molar-refractivity contribution < 1.29 is 0 Å². The normalized spacial score (nSPS) is 19.2. The van der Waals surface area contributed by atoms with Crippen molar-refractivity contribution in [2.45, 2.75) is 59.4 Å². The monoisotopic (exact) mass is 370 g/mol. The molecule has 4 rings (SSSR count). The van der Waals surface area contributed by atoms with Gasteiger partial charge in [-0.25, -0.2) is 4.98 Å². The quantitative estimate of drug-likeness (QED) is 0.471. The number of imidazole rings is 1. The molecule has 2 heterocycles. The minimum absolute atomic E-state index is 0.315. The summed E-state index contributed by atoms with van der Waals surface area (Å²) in [5.41, 5.74) is 10.2. The Morgan fingerprint density at radius 2 is 2.07 bits per heavy atom. The van der Waals surface area contributed by atoms with Gasteiger partial charge in [0.15, 0.2) is 0 Å². The molecule has 2 unspecified atom stereocenters. The van der Waals surface area contributed by atoms with Gasteiger partial charge in [-0.05, 0) is 79.1 Å². The molecule has 144 valence electrons. The Bertz CT molecular complexity index is 1100. The van der Waals surface area contributed by atoms with Gasteiger partial charge in [0.1, 0.15) is 5.82 Å². The van der Waals surface area contributed by atoms with Crippen LogP contribution < -0.4 is 0 Å². The summed E-state index contributed by atoms with van der Waals surface area (Å²) in [7, 11) is 0. The Morgan fingerprint density at radius 3 is 2.79 bits per heavy atom. The van der Waals surface area contributed by atoms with Crippen molar-refractivity contribution in [3.05, 3.63) is 77.1 Å². The Hall–Kier alpha value is -2.61. The molecule has 2 nitrogen and oxygen atoms in total. The first kappa shape index (κ1) is 18.7. The number of aromatic nitrogens is 2. The molecule has 0 aliphatic carbocycles. The van der Waals surface area contributed by atoms with Gasteiger partial charge in [0.05, 0.1) is 17.1 Å². The fraction of sp³-hybridized carbons (Fsp3) is 0.346. The summed E-state index contributed by atoms with van der Waals surface area (Å²) in [6.07, 6.45) is 4.24. The highest BCUT2D eigenvalue weighted by molar-refractivity contribution is 5.82. The molecule has 0 saturated carbocycles. The number of benzene rings is 2. The zero-order chi connectivity index (χ0) is 20.0. The highest BCUT2D eigenvalue weighted by Gasteiger charge is 2.34. The van der Waals surface area contributed by atoms with Crippen LogP contribution >= 0.6 is 0 Å². The third kappa shape index (κ3) is 2.83. The smallest absolute Gasteiger partial charge is 0.113 e. The minimum Gasteiger partial charge on any atom is -0.320 e. The van der Waals surface area contributed by atoms with Crippen molar-refractivity contribution in [3.63, 3.8) is 0 Å². The number of nitrogens with zero attached hydrogens (tertiary/aromatic N) is 2. The van der Waals surface area contributed by atoms with Crippen LogP contribution in [0.4, 0.5) is 0 Å². The van der Waals surface area contributed by atoms with Crippen molar-refractivity contribution in [2.24, 2.45) is 0 Å². The first-order chi connectivity index (χ1) is 13.5. The topological polar surface area (TPSA) is 17.8 Å². The highest BCUT2D eigenvalue weighted by Crippen LogP contribution is 2.45. The van der Waals surface area contributed by atoms with Crippen molar-refractivity contribution in [3.8, 4) is 0 Å². The zero-order valence-electron chi connectivity index (χ0n) is 17.7. The average molecular weight is 371 g/mol. The van der Waals surface area contributed by atoms with Crippen molar-refractivity contribution in [1.82, 2.24) is 9.55 Å². The van der Waals surface area contributed by atoms with Crippen molar-refractivity contribution in [2.75, 3.05) is 0 Å². The summed E-state index contributed by atoms with van der Waals surface area (Å²) in [4.78, 5) is 5.02. The Morgan fingerprint density at radius 1 is 1.29 bits per heavy atom. The Balaban J connectivity index is 1.97. The maximum Gasteiger partial charge on any atom is 0.113 e. The average Bonchev–Trinajstić information content (AvgIpc) is 3.23. The maximum atomic E-state index is 5.02. The summed E-state index contributed by atoms with van der Waals surface area (Å²) in [6, 6.07) is 13.6. The molecule has 1 aliphatic rings. The molecule has 1 aromatic heterocycles. The van der Waals surface area contributed by atoms with E-state index in [9.17, 15) is 0 Å². The molecule has 0 N–H and O–H groups in total. The summed E-state index contributed by atoms with van der Waals surface area (Å²) >= 11 is 0. The third-order valence-electron chi connectivity index (χ3n) is 6.40. The van der Waals surface area contributed by atoms with Gasteiger partial charge < -0.3 is 4.57 Å². The third-order valence-corrected chi connectivity index (χ3v) is 6.40. The molecule has 0 fully saturated rings. The van der Waals surface area contributed by atoms with Gasteiger partial charge >= 0.3 is 0 Å². The van der Waals surface area contributed by atoms with Gasteiger partial charge in [-0.3, -0.25) is 0 Å². The van der Waals surface area contributed by atoms with Crippen LogP contribution in [0.2, 0.25) is 0 Å². The molecule has 28 heavy (non-hydrogen) atoms. The lowest BCUT2D eigenvalue weighted by Crippen LogP contribution is -2.10. The number of fused-ring (bicyclic) bond motifs is 3. The van der Waals surface area contributed by atoms with Gasteiger partial charge in [-0.1, -0.05) is 50.8 Å². The van der Waals surface area contributed by atoms with E-state index in [0.717, 1.165) is 18.4 Å². The van der Waals surface area contributed by atoms with E-state index in [4.69, 9.17) is 4.98 Å². The summed E-state index contributed by atoms with van der Waals surface area (Å²) in [5, 5.41) is 0. The van der Waals surface area contributed by atoms with E-state index in [1.165, 1.54) is 44.7 Å². The van der Waals surface area contributed by atoms with Gasteiger partial charge in [0, 0.05) is 5.92 Å². The van der Waals surface area contributed by atoms with Crippen LogP contribution in [0.15, 0.2) is 49.1 Å². The molecule has 1 aliphatic heterocycles. The van der Waals surface area contributed by atoms with Gasteiger partial charge in [0.2, 0.25) is 0 Å². The Kier molecular flexibility index (Phi) is 4.74. The van der Waals surface area contributed by atoms with Crippen LogP contribution in [0, 0.1) is 6.92 Å². The molecule has 0 spiro atoms. The number of aryl methyl sites for hydroxylation is 1. The van der Waals surface area contributed by atoms with Crippen LogP contribution in [-0.2, 0) is 0 Å². The molecule has 0 amide bonds. The molecule has 2 atom stereocenters. The summed E-state index contributed by atoms with van der Waals surface area (Å²) < 4.78 is 2.50. The number of rotatable bonds is 4. The van der Waals surface area contributed by atoms with E-state index in [2.05, 4.69) is 88.2 Å². The Labute approximate surface area is 168 Å². The van der Waals surface area contributed by atoms with Crippen LogP contribution in [-0.4, -0.2) is 9.55 Å². The highest BCUT2D eigenvalue weighted by atomic mass is 15.1. The SMILES string of the molecule is C=C(CC)c1cccc(C)c1C1CC(C)c2nc3ccc(/C(C)=C/C)cc3n21. The van der Waals surface area contributed by atoms with E-state index in [1.807, 2.05) is 0 Å². The van der Waals surface area contributed by atoms with Crippen LogP contribution in [0.5, 0.6) is 0 Å². The molecule has 0 saturated heterocycles. The van der Waals surface area contributed by atoms with Crippen molar-refractivity contribution in [1.29, 1.82) is 0 Å². The zero-order valence-corrected chi connectivity index (χ0v) is 17.7. The largest absolute Gasteiger partial charge is 0.320 e. The molecule has 0 bridgehead atoms. The molecule has 3 aromatic rings. The fourth-order valence-electron chi connectivity index (χ4n) is 4.61. The number of hydrogen-bond acceptors (Lipinski definition) is 1. The number of hydrogen-bond donors (Lipinski definition) is 0. The van der Waals surface area contributed by atoms with Crippen LogP contribution in [0.3, 0.4) is 0 Å². The maximum absolute atomic E-state index is 5.02. The van der Waals surface area contributed by atoms with Gasteiger partial charge in [0.25, 0.3) is 0 Å².